The lowest BCUT2D eigenvalue weighted by molar-refractivity contribution is 0.114. The van der Waals surface area contributed by atoms with Crippen molar-refractivity contribution in [3.8, 4) is 0 Å². The topological polar surface area (TPSA) is 50.6 Å². The number of para-hydroxylation sites is 1. The number of allylic oxidation sites excluding steroid dienone is 5. The number of hydrogen-bond acceptors (Lipinski definition) is 5. The van der Waals surface area contributed by atoms with Crippen LogP contribution in [0.1, 0.15) is 32.1 Å². The second-order valence-electron chi connectivity index (χ2n) is 7.93. The van der Waals surface area contributed by atoms with Crippen molar-refractivity contribution in [2.75, 3.05) is 39.8 Å². The maximum absolute atomic E-state index is 13.6. The molecule has 0 radical (unpaired) electrons. The van der Waals surface area contributed by atoms with Gasteiger partial charge in [0.1, 0.15) is 11.6 Å². The van der Waals surface area contributed by atoms with Gasteiger partial charge in [0.2, 0.25) is 0 Å². The van der Waals surface area contributed by atoms with Crippen LogP contribution in [-0.4, -0.2) is 59.2 Å². The van der Waals surface area contributed by atoms with E-state index in [1.807, 2.05) is 60.1 Å². The first-order chi connectivity index (χ1) is 14.6. The minimum atomic E-state index is -0.0195. The molecule has 1 atom stereocenters. The first-order valence-corrected chi connectivity index (χ1v) is 10.7. The van der Waals surface area contributed by atoms with Crippen molar-refractivity contribution in [1.82, 2.24) is 19.4 Å². The van der Waals surface area contributed by atoms with Crippen LogP contribution in [0.4, 0.5) is 0 Å². The molecule has 2 aliphatic rings. The minimum Gasteiger partial charge on any atom is -0.498 e. The van der Waals surface area contributed by atoms with Crippen molar-refractivity contribution in [3.63, 3.8) is 0 Å². The SMILES string of the molecule is CCOC1=CC=CC=C(n2c(C(C)N3CCN(C)CC3)nc3ccccc3c2=O)C1. The van der Waals surface area contributed by atoms with Gasteiger partial charge in [-0.1, -0.05) is 24.3 Å². The lowest BCUT2D eigenvalue weighted by Crippen LogP contribution is -2.46. The number of piperazine rings is 1. The summed E-state index contributed by atoms with van der Waals surface area (Å²) in [7, 11) is 2.15. The summed E-state index contributed by atoms with van der Waals surface area (Å²) >= 11 is 0. The van der Waals surface area contributed by atoms with Crippen molar-refractivity contribution < 1.29 is 4.74 Å². The Bertz CT molecular complexity index is 1060. The summed E-state index contributed by atoms with van der Waals surface area (Å²) in [5.74, 6) is 1.65. The molecule has 4 rings (SSSR count). The fraction of sp³-hybridized carbons (Fsp3) is 0.417. The van der Waals surface area contributed by atoms with E-state index >= 15 is 0 Å². The Morgan fingerprint density at radius 1 is 1.10 bits per heavy atom. The second-order valence-corrected chi connectivity index (χ2v) is 7.93. The van der Waals surface area contributed by atoms with E-state index < -0.39 is 0 Å². The number of benzene rings is 1. The van der Waals surface area contributed by atoms with Gasteiger partial charge in [0.15, 0.2) is 0 Å². The summed E-state index contributed by atoms with van der Waals surface area (Å²) in [6, 6.07) is 7.65. The maximum atomic E-state index is 13.6. The van der Waals surface area contributed by atoms with Gasteiger partial charge in [-0.25, -0.2) is 4.98 Å². The van der Waals surface area contributed by atoms with Crippen LogP contribution in [0.15, 0.2) is 59.1 Å². The standard InChI is InChI=1S/C24H30N4O2/c1-4-30-20-10-6-5-9-19(17-20)28-23(18(2)27-15-13-26(3)14-16-27)25-22-12-8-7-11-21(22)24(28)29/h5-12,18H,4,13-17H2,1-3H3. The number of aromatic nitrogens is 2. The average molecular weight is 407 g/mol. The summed E-state index contributed by atoms with van der Waals surface area (Å²) in [5.41, 5.74) is 1.62. The molecule has 6 heteroatoms. The highest BCUT2D eigenvalue weighted by Gasteiger charge is 2.26. The Balaban J connectivity index is 1.83. The van der Waals surface area contributed by atoms with Gasteiger partial charge < -0.3 is 9.64 Å². The predicted molar refractivity (Wildman–Crippen MR) is 121 cm³/mol. The smallest absolute Gasteiger partial charge is 0.265 e. The van der Waals surface area contributed by atoms with E-state index in [1.54, 1.807) is 0 Å². The summed E-state index contributed by atoms with van der Waals surface area (Å²) in [6.07, 6.45) is 8.45. The Morgan fingerprint density at radius 2 is 1.83 bits per heavy atom. The number of hydrogen-bond donors (Lipinski definition) is 0. The van der Waals surface area contributed by atoms with Crippen LogP contribution in [-0.2, 0) is 4.74 Å². The second kappa shape index (κ2) is 8.98. The summed E-state index contributed by atoms with van der Waals surface area (Å²) in [5, 5.41) is 0.642. The van der Waals surface area contributed by atoms with Crippen LogP contribution < -0.4 is 5.56 Å². The van der Waals surface area contributed by atoms with Crippen molar-refractivity contribution in [2.45, 2.75) is 26.3 Å². The van der Waals surface area contributed by atoms with E-state index in [4.69, 9.17) is 9.72 Å². The molecule has 1 saturated heterocycles. The highest BCUT2D eigenvalue weighted by molar-refractivity contribution is 5.78. The molecular weight excluding hydrogens is 376 g/mol. The minimum absolute atomic E-state index is 0.0195. The molecule has 1 unspecified atom stereocenters. The molecular formula is C24H30N4O2. The Kier molecular flexibility index (Phi) is 6.16. The predicted octanol–water partition coefficient (Wildman–Crippen LogP) is 3.43. The van der Waals surface area contributed by atoms with E-state index in [1.165, 1.54) is 0 Å². The summed E-state index contributed by atoms with van der Waals surface area (Å²) in [6.45, 7) is 8.69. The van der Waals surface area contributed by atoms with E-state index in [0.717, 1.165) is 49.0 Å². The largest absolute Gasteiger partial charge is 0.498 e. The van der Waals surface area contributed by atoms with Gasteiger partial charge in [0.05, 0.1) is 23.6 Å². The van der Waals surface area contributed by atoms with Crippen molar-refractivity contribution >= 4 is 16.6 Å². The van der Waals surface area contributed by atoms with Crippen molar-refractivity contribution in [3.05, 3.63) is 70.5 Å². The monoisotopic (exact) mass is 406 g/mol. The van der Waals surface area contributed by atoms with Gasteiger partial charge in [-0.3, -0.25) is 14.3 Å². The third-order valence-corrected chi connectivity index (χ3v) is 5.92. The molecule has 2 aromatic rings. The molecule has 0 spiro atoms. The molecule has 1 aromatic carbocycles. The average Bonchev–Trinajstić information content (AvgIpc) is 2.99. The van der Waals surface area contributed by atoms with Crippen LogP contribution in [0, 0.1) is 0 Å². The van der Waals surface area contributed by atoms with E-state index in [0.29, 0.717) is 18.4 Å². The zero-order valence-corrected chi connectivity index (χ0v) is 18.0. The number of likely N-dealkylation sites (N-methyl/N-ethyl adjacent to an activating group) is 1. The first-order valence-electron chi connectivity index (χ1n) is 10.7. The zero-order chi connectivity index (χ0) is 21.1. The van der Waals surface area contributed by atoms with Crippen molar-refractivity contribution in [2.24, 2.45) is 0 Å². The normalized spacial score (nSPS) is 19.3. The lowest BCUT2D eigenvalue weighted by atomic mass is 10.1. The molecule has 1 aliphatic carbocycles. The molecule has 0 N–H and O–H groups in total. The Labute approximate surface area is 177 Å². The molecule has 1 aromatic heterocycles. The third-order valence-electron chi connectivity index (χ3n) is 5.92. The fourth-order valence-corrected chi connectivity index (χ4v) is 4.14. The fourth-order valence-electron chi connectivity index (χ4n) is 4.14. The first kappa shape index (κ1) is 20.6. The maximum Gasteiger partial charge on any atom is 0.265 e. The molecule has 1 fully saturated rings. The zero-order valence-electron chi connectivity index (χ0n) is 18.0. The van der Waals surface area contributed by atoms with E-state index in [2.05, 4.69) is 23.8 Å². The lowest BCUT2D eigenvalue weighted by Gasteiger charge is -2.36. The summed E-state index contributed by atoms with van der Waals surface area (Å²) < 4.78 is 7.60. The highest BCUT2D eigenvalue weighted by atomic mass is 16.5. The van der Waals surface area contributed by atoms with Crippen LogP contribution in [0.3, 0.4) is 0 Å². The number of ether oxygens (including phenoxy) is 1. The molecule has 6 nitrogen and oxygen atoms in total. The Morgan fingerprint density at radius 3 is 2.60 bits per heavy atom. The Hall–Kier alpha value is -2.70. The van der Waals surface area contributed by atoms with E-state index in [-0.39, 0.29) is 11.6 Å². The number of fused-ring (bicyclic) bond motifs is 1. The summed E-state index contributed by atoms with van der Waals surface area (Å²) in [4.78, 5) is 23.4. The third kappa shape index (κ3) is 4.11. The van der Waals surface area contributed by atoms with Gasteiger partial charge in [0, 0.05) is 38.3 Å². The van der Waals surface area contributed by atoms with Crippen LogP contribution >= 0.6 is 0 Å². The van der Waals surface area contributed by atoms with Crippen molar-refractivity contribution in [1.29, 1.82) is 0 Å². The number of rotatable bonds is 5. The molecule has 2 heterocycles. The van der Waals surface area contributed by atoms with Gasteiger partial charge >= 0.3 is 0 Å². The van der Waals surface area contributed by atoms with Gasteiger partial charge in [-0.2, -0.15) is 0 Å². The van der Waals surface area contributed by atoms with Gasteiger partial charge in [-0.05, 0) is 45.2 Å². The van der Waals surface area contributed by atoms with Crippen LogP contribution in [0.5, 0.6) is 0 Å². The highest BCUT2D eigenvalue weighted by Crippen LogP contribution is 2.27. The van der Waals surface area contributed by atoms with Crippen LogP contribution in [0.2, 0.25) is 0 Å². The van der Waals surface area contributed by atoms with E-state index in [9.17, 15) is 4.79 Å². The molecule has 30 heavy (non-hydrogen) atoms. The molecule has 1 aliphatic heterocycles. The molecule has 158 valence electrons. The molecule has 0 bridgehead atoms. The van der Waals surface area contributed by atoms with Gasteiger partial charge in [-0.15, -0.1) is 0 Å². The molecule has 0 saturated carbocycles. The number of nitrogens with zero attached hydrogens (tertiary/aromatic N) is 4. The molecule has 0 amide bonds. The quantitative estimate of drug-likeness (QED) is 0.762. The van der Waals surface area contributed by atoms with Crippen LogP contribution in [0.25, 0.3) is 16.6 Å². The van der Waals surface area contributed by atoms with Gasteiger partial charge in [0.25, 0.3) is 5.56 Å².